The van der Waals surface area contributed by atoms with Crippen LogP contribution in [0.1, 0.15) is 21.6 Å². The van der Waals surface area contributed by atoms with Crippen molar-refractivity contribution < 1.29 is 4.79 Å². The maximum Gasteiger partial charge on any atom is 0.274 e. The van der Waals surface area contributed by atoms with E-state index in [0.29, 0.717) is 16.7 Å². The van der Waals surface area contributed by atoms with Crippen LogP contribution >= 0.6 is 11.6 Å². The quantitative estimate of drug-likeness (QED) is 0.711. The summed E-state index contributed by atoms with van der Waals surface area (Å²) >= 11 is 6.12. The van der Waals surface area contributed by atoms with E-state index in [1.165, 1.54) is 6.20 Å². The topological polar surface area (TPSA) is 66.9 Å². The standard InChI is InChI=1S/C19H17ClN4O/c1-12-7-8-13(2)17(11-12)22-18(25)16-9-10-21-19(24-16)23-15-6-4-3-5-14(15)20/h3-11H,1-2H3,(H,22,25)(H,21,23,24). The molecule has 2 aromatic carbocycles. The van der Waals surface area contributed by atoms with E-state index in [-0.39, 0.29) is 11.6 Å². The van der Waals surface area contributed by atoms with E-state index >= 15 is 0 Å². The maximum atomic E-state index is 12.5. The van der Waals surface area contributed by atoms with Gasteiger partial charge < -0.3 is 10.6 Å². The number of hydrogen-bond donors (Lipinski definition) is 2. The molecule has 5 nitrogen and oxygen atoms in total. The van der Waals surface area contributed by atoms with Gasteiger partial charge in [-0.25, -0.2) is 9.97 Å². The fourth-order valence-electron chi connectivity index (χ4n) is 2.29. The molecule has 0 aliphatic heterocycles. The predicted molar refractivity (Wildman–Crippen MR) is 101 cm³/mol. The van der Waals surface area contributed by atoms with E-state index in [4.69, 9.17) is 11.6 Å². The molecule has 3 aromatic rings. The van der Waals surface area contributed by atoms with Crippen molar-refractivity contribution in [3.63, 3.8) is 0 Å². The van der Waals surface area contributed by atoms with Gasteiger partial charge in [-0.05, 0) is 49.2 Å². The zero-order valence-electron chi connectivity index (χ0n) is 13.9. The Morgan fingerprint density at radius 3 is 2.64 bits per heavy atom. The number of aromatic nitrogens is 2. The SMILES string of the molecule is Cc1ccc(C)c(NC(=O)c2ccnc(Nc3ccccc3Cl)n2)c1. The van der Waals surface area contributed by atoms with Gasteiger partial charge in [-0.1, -0.05) is 35.9 Å². The molecular formula is C19H17ClN4O. The van der Waals surface area contributed by atoms with E-state index in [2.05, 4.69) is 20.6 Å². The average molecular weight is 353 g/mol. The Hall–Kier alpha value is -2.92. The molecule has 0 aliphatic carbocycles. The van der Waals surface area contributed by atoms with Gasteiger partial charge in [0.25, 0.3) is 5.91 Å². The van der Waals surface area contributed by atoms with Crippen molar-refractivity contribution in [2.24, 2.45) is 0 Å². The fraction of sp³-hybridized carbons (Fsp3) is 0.105. The molecule has 1 aromatic heterocycles. The van der Waals surface area contributed by atoms with E-state index in [0.717, 1.165) is 16.8 Å². The molecule has 126 valence electrons. The van der Waals surface area contributed by atoms with Gasteiger partial charge in [-0.3, -0.25) is 4.79 Å². The second kappa shape index (κ2) is 7.32. The monoisotopic (exact) mass is 352 g/mol. The Morgan fingerprint density at radius 2 is 1.84 bits per heavy atom. The largest absolute Gasteiger partial charge is 0.323 e. The highest BCUT2D eigenvalue weighted by Gasteiger charge is 2.11. The molecular weight excluding hydrogens is 336 g/mol. The first kappa shape index (κ1) is 16.9. The third kappa shape index (κ3) is 4.14. The van der Waals surface area contributed by atoms with Gasteiger partial charge >= 0.3 is 0 Å². The number of nitrogens with zero attached hydrogens (tertiary/aromatic N) is 2. The van der Waals surface area contributed by atoms with Crippen molar-refractivity contribution in [2.75, 3.05) is 10.6 Å². The second-order valence-corrected chi connectivity index (χ2v) is 6.05. The third-order valence-electron chi connectivity index (χ3n) is 3.65. The minimum absolute atomic E-state index is 0.269. The number of carbonyl (C=O) groups excluding carboxylic acids is 1. The normalized spacial score (nSPS) is 10.4. The number of carbonyl (C=O) groups is 1. The maximum absolute atomic E-state index is 12.5. The van der Waals surface area contributed by atoms with Crippen molar-refractivity contribution >= 4 is 34.8 Å². The van der Waals surface area contributed by atoms with Crippen molar-refractivity contribution in [3.05, 3.63) is 76.6 Å². The van der Waals surface area contributed by atoms with Crippen molar-refractivity contribution in [1.29, 1.82) is 0 Å². The molecule has 0 unspecified atom stereocenters. The highest BCUT2D eigenvalue weighted by molar-refractivity contribution is 6.33. The molecule has 0 saturated heterocycles. The summed E-state index contributed by atoms with van der Waals surface area (Å²) in [6.07, 6.45) is 1.53. The number of anilines is 3. The lowest BCUT2D eigenvalue weighted by Gasteiger charge is -2.10. The number of benzene rings is 2. The van der Waals surface area contributed by atoms with Crippen LogP contribution in [-0.2, 0) is 0 Å². The first-order chi connectivity index (χ1) is 12.0. The van der Waals surface area contributed by atoms with Gasteiger partial charge in [0.2, 0.25) is 5.95 Å². The van der Waals surface area contributed by atoms with Crippen molar-refractivity contribution in [2.45, 2.75) is 13.8 Å². The molecule has 0 atom stereocenters. The minimum Gasteiger partial charge on any atom is -0.323 e. The summed E-state index contributed by atoms with van der Waals surface area (Å²) in [5.74, 6) is 0.0139. The highest BCUT2D eigenvalue weighted by atomic mass is 35.5. The second-order valence-electron chi connectivity index (χ2n) is 5.64. The summed E-state index contributed by atoms with van der Waals surface area (Å²) in [4.78, 5) is 20.9. The van der Waals surface area contributed by atoms with Crippen LogP contribution in [0, 0.1) is 13.8 Å². The lowest BCUT2D eigenvalue weighted by Crippen LogP contribution is -2.15. The van der Waals surface area contributed by atoms with E-state index in [9.17, 15) is 4.79 Å². The lowest BCUT2D eigenvalue weighted by atomic mass is 10.1. The average Bonchev–Trinajstić information content (AvgIpc) is 2.60. The van der Waals surface area contributed by atoms with Crippen LogP contribution in [-0.4, -0.2) is 15.9 Å². The van der Waals surface area contributed by atoms with Crippen LogP contribution in [0.25, 0.3) is 0 Å². The zero-order valence-corrected chi connectivity index (χ0v) is 14.6. The minimum atomic E-state index is -0.293. The molecule has 3 rings (SSSR count). The fourth-order valence-corrected chi connectivity index (χ4v) is 2.47. The molecule has 6 heteroatoms. The van der Waals surface area contributed by atoms with E-state index in [1.54, 1.807) is 12.1 Å². The van der Waals surface area contributed by atoms with Gasteiger partial charge in [0, 0.05) is 11.9 Å². The van der Waals surface area contributed by atoms with Crippen molar-refractivity contribution in [1.82, 2.24) is 9.97 Å². The smallest absolute Gasteiger partial charge is 0.274 e. The van der Waals surface area contributed by atoms with Gasteiger partial charge in [-0.2, -0.15) is 0 Å². The Bertz CT molecular complexity index is 927. The first-order valence-electron chi connectivity index (χ1n) is 7.76. The van der Waals surface area contributed by atoms with Crippen LogP contribution in [0.4, 0.5) is 17.3 Å². The molecule has 2 N–H and O–H groups in total. The molecule has 0 aliphatic rings. The number of nitrogens with one attached hydrogen (secondary N) is 2. The van der Waals surface area contributed by atoms with Crippen LogP contribution in [0.2, 0.25) is 5.02 Å². The Labute approximate surface area is 151 Å². The molecule has 1 heterocycles. The third-order valence-corrected chi connectivity index (χ3v) is 3.98. The molecule has 0 bridgehead atoms. The summed E-state index contributed by atoms with van der Waals surface area (Å²) in [5.41, 5.74) is 3.78. The number of halogens is 1. The zero-order chi connectivity index (χ0) is 17.8. The van der Waals surface area contributed by atoms with E-state index in [1.807, 2.05) is 50.2 Å². The summed E-state index contributed by atoms with van der Waals surface area (Å²) in [6, 6.07) is 14.7. The molecule has 0 radical (unpaired) electrons. The summed E-state index contributed by atoms with van der Waals surface area (Å²) in [6.45, 7) is 3.92. The Kier molecular flexibility index (Phi) is 4.95. The molecule has 0 saturated carbocycles. The summed E-state index contributed by atoms with van der Waals surface area (Å²) in [7, 11) is 0. The molecule has 0 spiro atoms. The highest BCUT2D eigenvalue weighted by Crippen LogP contribution is 2.23. The van der Waals surface area contributed by atoms with Gasteiger partial charge in [0.15, 0.2) is 0 Å². The first-order valence-corrected chi connectivity index (χ1v) is 8.14. The number of hydrogen-bond acceptors (Lipinski definition) is 4. The number of amides is 1. The number of rotatable bonds is 4. The lowest BCUT2D eigenvalue weighted by molar-refractivity contribution is 0.102. The van der Waals surface area contributed by atoms with Crippen molar-refractivity contribution in [3.8, 4) is 0 Å². The number of para-hydroxylation sites is 1. The molecule has 25 heavy (non-hydrogen) atoms. The van der Waals surface area contributed by atoms with Crippen LogP contribution in [0.15, 0.2) is 54.7 Å². The van der Waals surface area contributed by atoms with Gasteiger partial charge in [0.1, 0.15) is 5.69 Å². The molecule has 1 amide bonds. The summed E-state index contributed by atoms with van der Waals surface area (Å²) in [5, 5.41) is 6.46. The van der Waals surface area contributed by atoms with E-state index < -0.39 is 0 Å². The number of aryl methyl sites for hydroxylation is 2. The predicted octanol–water partition coefficient (Wildman–Crippen LogP) is 4.74. The summed E-state index contributed by atoms with van der Waals surface area (Å²) < 4.78 is 0. The van der Waals surface area contributed by atoms with Crippen LogP contribution < -0.4 is 10.6 Å². The van der Waals surface area contributed by atoms with Crippen LogP contribution in [0.5, 0.6) is 0 Å². The van der Waals surface area contributed by atoms with Crippen LogP contribution in [0.3, 0.4) is 0 Å². The van der Waals surface area contributed by atoms with Gasteiger partial charge in [-0.15, -0.1) is 0 Å². The molecule has 0 fully saturated rings. The Morgan fingerprint density at radius 1 is 1.04 bits per heavy atom. The Balaban J connectivity index is 1.80. The van der Waals surface area contributed by atoms with Gasteiger partial charge in [0.05, 0.1) is 10.7 Å².